The largest absolute Gasteiger partial charge is 0.344 e. The number of hydrogen-bond donors (Lipinski definition) is 0. The fraction of sp³-hybridized carbons (Fsp3) is 0.333. The quantitative estimate of drug-likeness (QED) is 0.584. The molecule has 5 nitrogen and oxygen atoms in total. The molecule has 3 aromatic rings. The average Bonchev–Trinajstić information content (AvgIpc) is 3.26. The monoisotopic (exact) mass is 387 g/mol. The molecule has 0 aliphatic carbocycles. The minimum Gasteiger partial charge on any atom is -0.344 e. The van der Waals surface area contributed by atoms with Gasteiger partial charge in [0.1, 0.15) is 0 Å². The molecule has 8 heteroatoms. The molecule has 1 aliphatic heterocycles. The Hall–Kier alpha value is -1.95. The maximum atomic E-state index is 13.0. The molecule has 1 saturated heterocycles. The van der Waals surface area contributed by atoms with E-state index in [2.05, 4.69) is 39.1 Å². The molecule has 134 valence electrons. The van der Waals surface area contributed by atoms with Crippen LogP contribution in [-0.2, 0) is 5.54 Å². The summed E-state index contributed by atoms with van der Waals surface area (Å²) in [6.07, 6.45) is 8.03. The molecule has 3 aromatic heterocycles. The number of nitriles is 1. The Balaban J connectivity index is 1.68. The van der Waals surface area contributed by atoms with E-state index in [1.54, 1.807) is 12.4 Å². The third-order valence-electron chi connectivity index (χ3n) is 4.84. The van der Waals surface area contributed by atoms with E-state index in [-0.39, 0.29) is 17.9 Å². The first-order valence-electron chi connectivity index (χ1n) is 8.39. The van der Waals surface area contributed by atoms with E-state index < -0.39 is 0 Å². The second kappa shape index (κ2) is 6.99. The van der Waals surface area contributed by atoms with Crippen molar-refractivity contribution in [2.45, 2.75) is 18.9 Å². The Morgan fingerprint density at radius 2 is 2.15 bits per heavy atom. The zero-order valence-electron chi connectivity index (χ0n) is 14.3. The molecule has 26 heavy (non-hydrogen) atoms. The molecule has 0 saturated carbocycles. The molecule has 4 rings (SSSR count). The van der Waals surface area contributed by atoms with E-state index in [1.165, 1.54) is 3.97 Å². The van der Waals surface area contributed by atoms with Crippen LogP contribution in [0.5, 0.6) is 0 Å². The van der Waals surface area contributed by atoms with Crippen molar-refractivity contribution in [3.05, 3.63) is 43.0 Å². The van der Waals surface area contributed by atoms with Crippen molar-refractivity contribution in [1.82, 2.24) is 17.8 Å². The first kappa shape index (κ1) is 17.5. The van der Waals surface area contributed by atoms with Gasteiger partial charge in [-0.05, 0) is 23.8 Å². The van der Waals surface area contributed by atoms with Crippen LogP contribution in [0.1, 0.15) is 13.3 Å². The molecule has 0 spiro atoms. The van der Waals surface area contributed by atoms with Gasteiger partial charge in [0, 0.05) is 54.6 Å². The van der Waals surface area contributed by atoms with Crippen LogP contribution in [0.15, 0.2) is 43.0 Å². The van der Waals surface area contributed by atoms with E-state index in [0.29, 0.717) is 12.1 Å². The fourth-order valence-electron chi connectivity index (χ4n) is 3.57. The highest BCUT2D eigenvalue weighted by atomic mass is 32.2. The summed E-state index contributed by atoms with van der Waals surface area (Å²) in [5.41, 5.74) is 2.52. The summed E-state index contributed by atoms with van der Waals surface area (Å²) in [6.45, 7) is 3.88. The van der Waals surface area contributed by atoms with Crippen molar-refractivity contribution in [1.29, 1.82) is 5.26 Å². The van der Waals surface area contributed by atoms with Crippen LogP contribution in [0.4, 0.5) is 3.89 Å². The Kier molecular flexibility index (Phi) is 4.69. The first-order chi connectivity index (χ1) is 12.7. The van der Waals surface area contributed by atoms with Gasteiger partial charge in [0.25, 0.3) is 0 Å². The van der Waals surface area contributed by atoms with Gasteiger partial charge in [-0.25, -0.2) is 13.3 Å². The summed E-state index contributed by atoms with van der Waals surface area (Å²) in [7, 11) is 0. The highest BCUT2D eigenvalue weighted by Crippen LogP contribution is 2.38. The second-order valence-corrected chi connectivity index (χ2v) is 8.27. The highest BCUT2D eigenvalue weighted by molar-refractivity contribution is 7.97. The second-order valence-electron chi connectivity index (χ2n) is 6.39. The SMILES string of the molecule is CCSN1CC(CC#N)(n2ccc(-c3ccnc4c3ccn4SF)c2)C1. The molecule has 1 aliphatic rings. The van der Waals surface area contributed by atoms with Crippen LogP contribution in [-0.4, -0.2) is 36.7 Å². The molecule has 0 aromatic carbocycles. The lowest BCUT2D eigenvalue weighted by Gasteiger charge is -2.49. The van der Waals surface area contributed by atoms with Crippen molar-refractivity contribution in [2.75, 3.05) is 18.8 Å². The minimum absolute atomic E-state index is 0.148. The fourth-order valence-corrected chi connectivity index (χ4v) is 4.92. The van der Waals surface area contributed by atoms with Crippen molar-refractivity contribution in [2.24, 2.45) is 0 Å². The maximum Gasteiger partial charge on any atom is 0.171 e. The summed E-state index contributed by atoms with van der Waals surface area (Å²) in [5, 5.41) is 10.2. The van der Waals surface area contributed by atoms with Crippen molar-refractivity contribution >= 4 is 35.3 Å². The lowest BCUT2D eigenvalue weighted by Crippen LogP contribution is -2.59. The van der Waals surface area contributed by atoms with Crippen molar-refractivity contribution in [3.8, 4) is 17.2 Å². The van der Waals surface area contributed by atoms with Crippen LogP contribution >= 0.6 is 24.3 Å². The van der Waals surface area contributed by atoms with Gasteiger partial charge in [-0.2, -0.15) is 5.26 Å². The van der Waals surface area contributed by atoms with Gasteiger partial charge < -0.3 is 4.57 Å². The average molecular weight is 388 g/mol. The predicted octanol–water partition coefficient (Wildman–Crippen LogP) is 4.48. The Morgan fingerprint density at radius 1 is 1.31 bits per heavy atom. The normalized spacial score (nSPS) is 16.5. The minimum atomic E-state index is -0.165. The molecule has 0 unspecified atom stereocenters. The molecule has 1 fully saturated rings. The van der Waals surface area contributed by atoms with E-state index in [1.807, 2.05) is 30.3 Å². The topological polar surface area (TPSA) is 49.8 Å². The van der Waals surface area contributed by atoms with Gasteiger partial charge in [0.2, 0.25) is 0 Å². The molecular weight excluding hydrogens is 369 g/mol. The van der Waals surface area contributed by atoms with E-state index in [9.17, 15) is 9.15 Å². The Labute approximate surface area is 160 Å². The number of pyridine rings is 1. The first-order valence-corrected chi connectivity index (χ1v) is 10.0. The van der Waals surface area contributed by atoms with Crippen LogP contribution < -0.4 is 0 Å². The van der Waals surface area contributed by atoms with Gasteiger partial charge in [-0.3, -0.25) is 0 Å². The molecule has 4 heterocycles. The third kappa shape index (κ3) is 2.80. The van der Waals surface area contributed by atoms with Crippen LogP contribution in [0.25, 0.3) is 22.2 Å². The molecule has 0 amide bonds. The number of rotatable bonds is 6. The van der Waals surface area contributed by atoms with E-state index in [0.717, 1.165) is 35.4 Å². The number of halogens is 1. The predicted molar refractivity (Wildman–Crippen MR) is 105 cm³/mol. The van der Waals surface area contributed by atoms with Crippen LogP contribution in [0.2, 0.25) is 0 Å². The maximum absolute atomic E-state index is 13.0. The van der Waals surface area contributed by atoms with Crippen molar-refractivity contribution < 1.29 is 3.89 Å². The van der Waals surface area contributed by atoms with Crippen LogP contribution in [0, 0.1) is 11.3 Å². The van der Waals surface area contributed by atoms with Crippen molar-refractivity contribution in [3.63, 3.8) is 0 Å². The highest BCUT2D eigenvalue weighted by Gasteiger charge is 2.44. The van der Waals surface area contributed by atoms with E-state index in [4.69, 9.17) is 0 Å². The molecule has 0 bridgehead atoms. The van der Waals surface area contributed by atoms with Gasteiger partial charge in [-0.15, -0.1) is 3.89 Å². The van der Waals surface area contributed by atoms with Gasteiger partial charge in [0.05, 0.1) is 18.0 Å². The lowest BCUT2D eigenvalue weighted by molar-refractivity contribution is 0.0953. The standard InChI is InChI=1S/C18H18FN5S2/c1-2-25-23-12-18(13-23,6-7-20)22-9-4-14(11-22)15-3-8-21-17-16(15)5-10-24(17)26-19/h3-5,8-11H,2,6,12-13H2,1H3. The number of nitrogens with zero attached hydrogens (tertiary/aromatic N) is 5. The number of hydrogen-bond acceptors (Lipinski definition) is 5. The smallest absolute Gasteiger partial charge is 0.171 e. The number of aromatic nitrogens is 3. The van der Waals surface area contributed by atoms with Crippen LogP contribution in [0.3, 0.4) is 0 Å². The van der Waals surface area contributed by atoms with Gasteiger partial charge >= 0.3 is 0 Å². The molecule has 0 radical (unpaired) electrons. The summed E-state index contributed by atoms with van der Waals surface area (Å²) >= 11 is 1.96. The molecule has 0 atom stereocenters. The summed E-state index contributed by atoms with van der Waals surface area (Å²) in [6, 6.07) is 8.24. The summed E-state index contributed by atoms with van der Waals surface area (Å²) < 4.78 is 18.9. The Morgan fingerprint density at radius 3 is 2.88 bits per heavy atom. The third-order valence-corrected chi connectivity index (χ3v) is 6.17. The molecule has 0 N–H and O–H groups in total. The van der Waals surface area contributed by atoms with Gasteiger partial charge in [0.15, 0.2) is 18.0 Å². The number of fused-ring (bicyclic) bond motifs is 1. The zero-order chi connectivity index (χ0) is 18.1. The molecular formula is C18H18FN5S2. The van der Waals surface area contributed by atoms with E-state index >= 15 is 0 Å². The Bertz CT molecular complexity index is 968. The lowest BCUT2D eigenvalue weighted by atomic mass is 9.89. The summed E-state index contributed by atoms with van der Waals surface area (Å²) in [4.78, 5) is 4.28. The van der Waals surface area contributed by atoms with Gasteiger partial charge in [-0.1, -0.05) is 18.9 Å². The summed E-state index contributed by atoms with van der Waals surface area (Å²) in [5.74, 6) is 1.04. The zero-order valence-corrected chi connectivity index (χ0v) is 15.9.